The largest absolute Gasteiger partial charge is 0.361 e. The zero-order valence-corrected chi connectivity index (χ0v) is 11.4. The number of nitrogens with zero attached hydrogens (tertiary/aromatic N) is 4. The van der Waals surface area contributed by atoms with Gasteiger partial charge in [-0.2, -0.15) is 9.90 Å². The Morgan fingerprint density at radius 2 is 2.10 bits per heavy atom. The Morgan fingerprint density at radius 3 is 2.81 bits per heavy atom. The van der Waals surface area contributed by atoms with E-state index in [0.29, 0.717) is 12.3 Å². The summed E-state index contributed by atoms with van der Waals surface area (Å²) in [6.45, 7) is 2.13. The second-order valence-electron chi connectivity index (χ2n) is 4.44. The molecular weight excluding hydrogens is 270 g/mol. The lowest BCUT2D eigenvalue weighted by atomic mass is 10.3. The number of aromatic nitrogens is 4. The number of para-hydroxylation sites is 1. The smallest absolute Gasteiger partial charge is 0.273 e. The lowest BCUT2D eigenvalue weighted by molar-refractivity contribution is 0.0945. The van der Waals surface area contributed by atoms with Crippen LogP contribution >= 0.6 is 0 Å². The molecule has 0 saturated heterocycles. The van der Waals surface area contributed by atoms with E-state index in [1.165, 1.54) is 11.0 Å². The zero-order chi connectivity index (χ0) is 14.7. The molecule has 0 radical (unpaired) electrons. The molecule has 1 aromatic carbocycles. The Hall–Kier alpha value is -2.96. The van der Waals surface area contributed by atoms with Crippen molar-refractivity contribution in [2.75, 3.05) is 0 Å². The van der Waals surface area contributed by atoms with Gasteiger partial charge in [0.15, 0.2) is 5.69 Å². The van der Waals surface area contributed by atoms with Crippen LogP contribution in [0.2, 0.25) is 0 Å². The van der Waals surface area contributed by atoms with E-state index in [1.54, 1.807) is 13.1 Å². The monoisotopic (exact) mass is 283 g/mol. The van der Waals surface area contributed by atoms with Gasteiger partial charge in [-0.1, -0.05) is 23.4 Å². The summed E-state index contributed by atoms with van der Waals surface area (Å²) in [4.78, 5) is 13.4. The summed E-state index contributed by atoms with van der Waals surface area (Å²) < 4.78 is 4.93. The van der Waals surface area contributed by atoms with Gasteiger partial charge < -0.3 is 9.84 Å². The highest BCUT2D eigenvalue weighted by Gasteiger charge is 2.12. The number of aryl methyl sites for hydroxylation is 1. The van der Waals surface area contributed by atoms with E-state index in [4.69, 9.17) is 4.52 Å². The van der Waals surface area contributed by atoms with Gasteiger partial charge >= 0.3 is 0 Å². The Kier molecular flexibility index (Phi) is 3.46. The number of carbonyl (C=O) groups excluding carboxylic acids is 1. The van der Waals surface area contributed by atoms with Gasteiger partial charge in [0.05, 0.1) is 18.1 Å². The predicted octanol–water partition coefficient (Wildman–Crippen LogP) is 1.49. The highest BCUT2D eigenvalue weighted by atomic mass is 16.5. The van der Waals surface area contributed by atoms with Crippen LogP contribution in [-0.4, -0.2) is 26.1 Å². The van der Waals surface area contributed by atoms with Crippen LogP contribution in [0.1, 0.15) is 21.8 Å². The Balaban J connectivity index is 1.69. The number of nitrogens with one attached hydrogen (secondary N) is 1. The average Bonchev–Trinajstić information content (AvgIpc) is 3.15. The fraction of sp³-hybridized carbons (Fsp3) is 0.143. The predicted molar refractivity (Wildman–Crippen MR) is 73.8 cm³/mol. The molecule has 0 spiro atoms. The third-order valence-electron chi connectivity index (χ3n) is 3.00. The first kappa shape index (κ1) is 13.0. The number of carbonyl (C=O) groups is 1. The highest BCUT2D eigenvalue weighted by molar-refractivity contribution is 5.91. The second-order valence-corrected chi connectivity index (χ2v) is 4.44. The summed E-state index contributed by atoms with van der Waals surface area (Å²) in [5, 5.41) is 14.7. The van der Waals surface area contributed by atoms with Crippen molar-refractivity contribution >= 4 is 5.91 Å². The fourth-order valence-electron chi connectivity index (χ4n) is 1.81. The SMILES string of the molecule is Cc1oncc1CNC(=O)c1cnn(-c2ccccc2)n1. The first-order valence-corrected chi connectivity index (χ1v) is 6.40. The molecule has 1 N–H and O–H groups in total. The van der Waals surface area contributed by atoms with Crippen LogP contribution in [0.5, 0.6) is 0 Å². The van der Waals surface area contributed by atoms with Gasteiger partial charge in [0.25, 0.3) is 5.91 Å². The van der Waals surface area contributed by atoms with Gasteiger partial charge in [-0.05, 0) is 19.1 Å². The first-order valence-electron chi connectivity index (χ1n) is 6.40. The van der Waals surface area contributed by atoms with Gasteiger partial charge in [0.2, 0.25) is 0 Å². The van der Waals surface area contributed by atoms with Crippen molar-refractivity contribution in [3.63, 3.8) is 0 Å². The van der Waals surface area contributed by atoms with E-state index in [1.807, 2.05) is 30.3 Å². The van der Waals surface area contributed by atoms with E-state index < -0.39 is 0 Å². The van der Waals surface area contributed by atoms with Crippen molar-refractivity contribution in [1.82, 2.24) is 25.5 Å². The molecule has 2 aromatic heterocycles. The van der Waals surface area contributed by atoms with Gasteiger partial charge in [-0.3, -0.25) is 4.79 Å². The van der Waals surface area contributed by atoms with E-state index in [0.717, 1.165) is 11.3 Å². The van der Waals surface area contributed by atoms with E-state index in [9.17, 15) is 4.79 Å². The molecule has 7 nitrogen and oxygen atoms in total. The number of rotatable bonds is 4. The standard InChI is InChI=1S/C14H13N5O2/c1-10-11(8-17-21-10)7-15-14(20)13-9-16-19(18-13)12-5-3-2-4-6-12/h2-6,8-9H,7H2,1H3,(H,15,20). The van der Waals surface area contributed by atoms with E-state index in [2.05, 4.69) is 20.7 Å². The Bertz CT molecular complexity index is 748. The van der Waals surface area contributed by atoms with Crippen LogP contribution < -0.4 is 5.32 Å². The number of amides is 1. The number of benzene rings is 1. The topological polar surface area (TPSA) is 85.8 Å². The maximum absolute atomic E-state index is 12.0. The van der Waals surface area contributed by atoms with Crippen LogP contribution in [0.3, 0.4) is 0 Å². The molecule has 3 aromatic rings. The molecule has 106 valence electrons. The molecule has 0 saturated carbocycles. The van der Waals surface area contributed by atoms with Crippen LogP contribution in [0.25, 0.3) is 5.69 Å². The molecule has 0 bridgehead atoms. The highest BCUT2D eigenvalue weighted by Crippen LogP contribution is 2.06. The molecule has 0 fully saturated rings. The average molecular weight is 283 g/mol. The van der Waals surface area contributed by atoms with Crippen LogP contribution in [0.4, 0.5) is 0 Å². The Morgan fingerprint density at radius 1 is 1.29 bits per heavy atom. The maximum Gasteiger partial charge on any atom is 0.273 e. The van der Waals surface area contributed by atoms with E-state index in [-0.39, 0.29) is 11.6 Å². The molecule has 2 heterocycles. The third kappa shape index (κ3) is 2.81. The maximum atomic E-state index is 12.0. The van der Waals surface area contributed by atoms with E-state index >= 15 is 0 Å². The Labute approximate surface area is 120 Å². The van der Waals surface area contributed by atoms with Crippen molar-refractivity contribution in [2.24, 2.45) is 0 Å². The second kappa shape index (κ2) is 5.58. The molecule has 21 heavy (non-hydrogen) atoms. The first-order chi connectivity index (χ1) is 10.2. The normalized spacial score (nSPS) is 10.5. The minimum absolute atomic E-state index is 0.257. The van der Waals surface area contributed by atoms with Crippen LogP contribution in [0, 0.1) is 6.92 Å². The van der Waals surface area contributed by atoms with Crippen LogP contribution in [-0.2, 0) is 6.54 Å². The van der Waals surface area contributed by atoms with Crippen molar-refractivity contribution in [1.29, 1.82) is 0 Å². The molecule has 0 atom stereocenters. The van der Waals surface area contributed by atoms with Gasteiger partial charge in [0.1, 0.15) is 5.76 Å². The molecule has 3 rings (SSSR count). The van der Waals surface area contributed by atoms with Crippen molar-refractivity contribution in [3.05, 3.63) is 59.7 Å². The number of hydrogen-bond donors (Lipinski definition) is 1. The van der Waals surface area contributed by atoms with Crippen LogP contribution in [0.15, 0.2) is 47.2 Å². The summed E-state index contributed by atoms with van der Waals surface area (Å²) in [6, 6.07) is 9.40. The zero-order valence-electron chi connectivity index (χ0n) is 11.4. The molecule has 1 amide bonds. The molecule has 0 aliphatic rings. The lowest BCUT2D eigenvalue weighted by Gasteiger charge is -2.01. The molecule has 7 heteroatoms. The fourth-order valence-corrected chi connectivity index (χ4v) is 1.81. The minimum Gasteiger partial charge on any atom is -0.361 e. The minimum atomic E-state index is -0.294. The quantitative estimate of drug-likeness (QED) is 0.784. The summed E-state index contributed by atoms with van der Waals surface area (Å²) >= 11 is 0. The summed E-state index contributed by atoms with van der Waals surface area (Å²) in [7, 11) is 0. The lowest BCUT2D eigenvalue weighted by Crippen LogP contribution is -2.23. The molecule has 0 aliphatic carbocycles. The van der Waals surface area contributed by atoms with Gasteiger partial charge in [0, 0.05) is 12.1 Å². The molecular formula is C14H13N5O2. The van der Waals surface area contributed by atoms with Crippen molar-refractivity contribution in [2.45, 2.75) is 13.5 Å². The summed E-state index contributed by atoms with van der Waals surface area (Å²) in [5.41, 5.74) is 1.89. The molecule has 0 aliphatic heterocycles. The summed E-state index contributed by atoms with van der Waals surface area (Å²) in [6.07, 6.45) is 3.01. The van der Waals surface area contributed by atoms with Gasteiger partial charge in [-0.25, -0.2) is 0 Å². The summed E-state index contributed by atoms with van der Waals surface area (Å²) in [5.74, 6) is 0.390. The third-order valence-corrected chi connectivity index (χ3v) is 3.00. The molecule has 0 unspecified atom stereocenters. The number of hydrogen-bond acceptors (Lipinski definition) is 5. The van der Waals surface area contributed by atoms with Crippen molar-refractivity contribution < 1.29 is 9.32 Å². The van der Waals surface area contributed by atoms with Gasteiger partial charge in [-0.15, -0.1) is 5.10 Å². The van der Waals surface area contributed by atoms with Crippen molar-refractivity contribution in [3.8, 4) is 5.69 Å².